The van der Waals surface area contributed by atoms with Gasteiger partial charge < -0.3 is 19.3 Å². The van der Waals surface area contributed by atoms with Gasteiger partial charge in [-0.2, -0.15) is 0 Å². The number of carbonyl (C=O) groups excluding carboxylic acids is 2. The van der Waals surface area contributed by atoms with Crippen molar-refractivity contribution in [3.05, 3.63) is 87.9 Å². The van der Waals surface area contributed by atoms with Crippen LogP contribution < -0.4 is 4.74 Å². The molecule has 2 aliphatic heterocycles. The van der Waals surface area contributed by atoms with Crippen LogP contribution in [-0.4, -0.2) is 60.6 Å². The van der Waals surface area contributed by atoms with Crippen LogP contribution in [-0.2, 0) is 27.2 Å². The summed E-state index contributed by atoms with van der Waals surface area (Å²) in [5.74, 6) is -0.507. The lowest BCUT2D eigenvalue weighted by Gasteiger charge is -2.37. The van der Waals surface area contributed by atoms with Crippen molar-refractivity contribution >= 4 is 23.2 Å². The van der Waals surface area contributed by atoms with Gasteiger partial charge in [-0.15, -0.1) is 11.3 Å². The molecule has 0 radical (unpaired) electrons. The highest BCUT2D eigenvalue weighted by Crippen LogP contribution is 2.34. The number of para-hydroxylation sites is 1. The molecule has 2 aliphatic rings. The van der Waals surface area contributed by atoms with E-state index in [1.54, 1.807) is 39.3 Å². The minimum Gasteiger partial charge on any atom is -0.488 e. The standard InChI is InChI=1S/C29H31FN2O4S/c30-24-10-4-5-11-26(24)36-20-25-23-13-16-37-27(23)12-14-32(25)29(34)19-31(18-22-9-6-15-35-22)28(33)17-21-7-2-1-3-8-21/h1-5,7-8,10-11,13,16,22,25H,6,9,12,14-15,17-20H2. The number of thiophene rings is 1. The first-order valence-electron chi connectivity index (χ1n) is 12.7. The Bertz CT molecular complexity index is 1210. The molecule has 2 atom stereocenters. The first-order valence-corrected chi connectivity index (χ1v) is 13.6. The molecule has 5 rings (SSSR count). The molecule has 8 heteroatoms. The number of rotatable bonds is 9. The molecule has 3 aromatic rings. The number of halogens is 1. The van der Waals surface area contributed by atoms with E-state index in [4.69, 9.17) is 9.47 Å². The van der Waals surface area contributed by atoms with Crippen LogP contribution in [0.4, 0.5) is 4.39 Å². The summed E-state index contributed by atoms with van der Waals surface area (Å²) in [6, 6.07) is 17.5. The molecule has 2 aromatic carbocycles. The molecule has 37 heavy (non-hydrogen) atoms. The van der Waals surface area contributed by atoms with Gasteiger partial charge in [0.25, 0.3) is 0 Å². The third-order valence-corrected chi connectivity index (χ3v) is 7.97. The fraction of sp³-hybridized carbons (Fsp3) is 0.379. The summed E-state index contributed by atoms with van der Waals surface area (Å²) in [4.78, 5) is 31.7. The SMILES string of the molecule is O=C(Cc1ccccc1)N(CC(=O)N1CCc2sccc2C1COc1ccccc1F)CC1CCCO1. The fourth-order valence-electron chi connectivity index (χ4n) is 5.03. The lowest BCUT2D eigenvalue weighted by molar-refractivity contribution is -0.143. The summed E-state index contributed by atoms with van der Waals surface area (Å²) in [5, 5.41) is 2.02. The first-order chi connectivity index (χ1) is 18.1. The first kappa shape index (κ1) is 25.4. The molecule has 1 aromatic heterocycles. The Morgan fingerprint density at radius 1 is 1.11 bits per heavy atom. The minimum atomic E-state index is -0.434. The lowest BCUT2D eigenvalue weighted by atomic mass is 10.00. The molecule has 0 aliphatic carbocycles. The zero-order valence-corrected chi connectivity index (χ0v) is 21.5. The van der Waals surface area contributed by atoms with Crippen molar-refractivity contribution < 1.29 is 23.5 Å². The second-order valence-corrected chi connectivity index (χ2v) is 10.5. The van der Waals surface area contributed by atoms with E-state index in [0.29, 0.717) is 19.7 Å². The maximum absolute atomic E-state index is 14.2. The normalized spacial score (nSPS) is 18.9. The second kappa shape index (κ2) is 11.9. The number of amides is 2. The Hall–Kier alpha value is -3.23. The number of nitrogens with zero attached hydrogens (tertiary/aromatic N) is 2. The third-order valence-electron chi connectivity index (χ3n) is 6.97. The predicted octanol–water partition coefficient (Wildman–Crippen LogP) is 4.64. The van der Waals surface area contributed by atoms with Crippen LogP contribution in [0.25, 0.3) is 0 Å². The van der Waals surface area contributed by atoms with Crippen molar-refractivity contribution in [2.45, 2.75) is 37.8 Å². The maximum Gasteiger partial charge on any atom is 0.242 e. The van der Waals surface area contributed by atoms with Gasteiger partial charge in [0.15, 0.2) is 11.6 Å². The number of ether oxygens (including phenoxy) is 2. The Morgan fingerprint density at radius 2 is 1.92 bits per heavy atom. The topological polar surface area (TPSA) is 59.1 Å². The summed E-state index contributed by atoms with van der Waals surface area (Å²) in [7, 11) is 0. The van der Waals surface area contributed by atoms with Crippen molar-refractivity contribution in [3.63, 3.8) is 0 Å². The van der Waals surface area contributed by atoms with Crippen molar-refractivity contribution in [2.75, 3.05) is 32.8 Å². The largest absolute Gasteiger partial charge is 0.488 e. The number of benzene rings is 2. The molecule has 0 saturated carbocycles. The molecule has 194 valence electrons. The molecule has 3 heterocycles. The van der Waals surface area contributed by atoms with Crippen LogP contribution in [0.3, 0.4) is 0 Å². The summed E-state index contributed by atoms with van der Waals surface area (Å²) in [6.07, 6.45) is 2.76. The van der Waals surface area contributed by atoms with Gasteiger partial charge in [0.2, 0.25) is 11.8 Å². The minimum absolute atomic E-state index is 0.0266. The summed E-state index contributed by atoms with van der Waals surface area (Å²) < 4.78 is 25.9. The number of hydrogen-bond donors (Lipinski definition) is 0. The third kappa shape index (κ3) is 6.19. The molecular weight excluding hydrogens is 491 g/mol. The summed E-state index contributed by atoms with van der Waals surface area (Å²) in [5.41, 5.74) is 1.94. The molecule has 0 spiro atoms. The highest BCUT2D eigenvalue weighted by atomic mass is 32.1. The van der Waals surface area contributed by atoms with Crippen LogP contribution in [0.1, 0.15) is 34.9 Å². The van der Waals surface area contributed by atoms with E-state index in [1.807, 2.05) is 41.8 Å². The van der Waals surface area contributed by atoms with Crippen LogP contribution in [0.5, 0.6) is 5.75 Å². The smallest absolute Gasteiger partial charge is 0.242 e. The van der Waals surface area contributed by atoms with Crippen molar-refractivity contribution in [3.8, 4) is 5.75 Å². The zero-order chi connectivity index (χ0) is 25.6. The lowest BCUT2D eigenvalue weighted by Crippen LogP contribution is -2.49. The Kier molecular flexibility index (Phi) is 8.16. The van der Waals surface area contributed by atoms with E-state index in [2.05, 4.69) is 0 Å². The van der Waals surface area contributed by atoms with E-state index < -0.39 is 5.82 Å². The number of hydrogen-bond acceptors (Lipinski definition) is 5. The van der Waals surface area contributed by atoms with Gasteiger partial charge in [-0.05, 0) is 54.0 Å². The highest BCUT2D eigenvalue weighted by molar-refractivity contribution is 7.10. The van der Waals surface area contributed by atoms with Crippen LogP contribution in [0.2, 0.25) is 0 Å². The summed E-state index contributed by atoms with van der Waals surface area (Å²) in [6.45, 7) is 1.72. The van der Waals surface area contributed by atoms with Gasteiger partial charge in [-0.25, -0.2) is 4.39 Å². The van der Waals surface area contributed by atoms with E-state index in [1.165, 1.54) is 10.9 Å². The predicted molar refractivity (Wildman–Crippen MR) is 140 cm³/mol. The molecule has 2 unspecified atom stereocenters. The average Bonchev–Trinajstić information content (AvgIpc) is 3.60. The van der Waals surface area contributed by atoms with Gasteiger partial charge in [0.05, 0.1) is 25.1 Å². The zero-order valence-electron chi connectivity index (χ0n) is 20.7. The van der Waals surface area contributed by atoms with E-state index in [-0.39, 0.29) is 49.3 Å². The van der Waals surface area contributed by atoms with E-state index in [9.17, 15) is 14.0 Å². The Labute approximate surface area is 220 Å². The second-order valence-electron chi connectivity index (χ2n) is 9.47. The molecule has 0 bridgehead atoms. The molecule has 6 nitrogen and oxygen atoms in total. The highest BCUT2D eigenvalue weighted by Gasteiger charge is 2.34. The molecule has 2 amide bonds. The van der Waals surface area contributed by atoms with Gasteiger partial charge in [-0.1, -0.05) is 42.5 Å². The monoisotopic (exact) mass is 522 g/mol. The van der Waals surface area contributed by atoms with Crippen molar-refractivity contribution in [1.82, 2.24) is 9.80 Å². The van der Waals surface area contributed by atoms with Crippen molar-refractivity contribution in [2.24, 2.45) is 0 Å². The van der Waals surface area contributed by atoms with Crippen LogP contribution in [0.15, 0.2) is 66.0 Å². The molecule has 0 N–H and O–H groups in total. The Morgan fingerprint density at radius 3 is 2.70 bits per heavy atom. The van der Waals surface area contributed by atoms with Crippen molar-refractivity contribution in [1.29, 1.82) is 0 Å². The Balaban J connectivity index is 1.32. The van der Waals surface area contributed by atoms with Gasteiger partial charge in [-0.3, -0.25) is 9.59 Å². The van der Waals surface area contributed by atoms with Gasteiger partial charge >= 0.3 is 0 Å². The number of carbonyl (C=O) groups is 2. The fourth-order valence-corrected chi connectivity index (χ4v) is 5.96. The molecular formula is C29H31FN2O4S. The van der Waals surface area contributed by atoms with Gasteiger partial charge in [0, 0.05) is 24.6 Å². The van der Waals surface area contributed by atoms with Crippen LogP contribution in [0, 0.1) is 5.82 Å². The van der Waals surface area contributed by atoms with Gasteiger partial charge in [0.1, 0.15) is 6.61 Å². The van der Waals surface area contributed by atoms with E-state index >= 15 is 0 Å². The molecule has 1 fully saturated rings. The average molecular weight is 523 g/mol. The van der Waals surface area contributed by atoms with Crippen LogP contribution >= 0.6 is 11.3 Å². The number of fused-ring (bicyclic) bond motifs is 1. The molecule has 1 saturated heterocycles. The summed E-state index contributed by atoms with van der Waals surface area (Å²) >= 11 is 1.66. The maximum atomic E-state index is 14.2. The quantitative estimate of drug-likeness (QED) is 0.411. The van der Waals surface area contributed by atoms with E-state index in [0.717, 1.165) is 30.4 Å².